The van der Waals surface area contributed by atoms with Gasteiger partial charge < -0.3 is 9.84 Å². The Morgan fingerprint density at radius 1 is 1.16 bits per heavy atom. The number of hydrogen-bond donors (Lipinski definition) is 1. The van der Waals surface area contributed by atoms with Crippen molar-refractivity contribution in [3.8, 4) is 5.75 Å². The first kappa shape index (κ1) is 16.7. The minimum absolute atomic E-state index is 0.188. The fourth-order valence-electron chi connectivity index (χ4n) is 2.26. The first-order chi connectivity index (χ1) is 12.0. The highest BCUT2D eigenvalue weighted by atomic mass is 35.5. The third kappa shape index (κ3) is 3.36. The van der Waals surface area contributed by atoms with E-state index in [0.717, 1.165) is 5.01 Å². The quantitative estimate of drug-likeness (QED) is 0.654. The van der Waals surface area contributed by atoms with Gasteiger partial charge in [0.2, 0.25) is 0 Å². The predicted octanol–water partition coefficient (Wildman–Crippen LogP) is 2.43. The number of amides is 2. The maximum absolute atomic E-state index is 12.2. The molecule has 0 saturated carbocycles. The normalized spacial score (nSPS) is 13.4. The Balaban J connectivity index is 1.77. The van der Waals surface area contributed by atoms with Crippen LogP contribution in [0.15, 0.2) is 47.6 Å². The molecule has 25 heavy (non-hydrogen) atoms. The van der Waals surface area contributed by atoms with Crippen molar-refractivity contribution < 1.29 is 24.2 Å². The number of carbonyl (C=O) groups excluding carboxylic acids is 2. The van der Waals surface area contributed by atoms with E-state index in [2.05, 4.69) is 5.10 Å². The molecule has 1 aliphatic heterocycles. The molecule has 2 aromatic carbocycles. The third-order valence-electron chi connectivity index (χ3n) is 3.40. The number of hydrazone groups is 1. The average Bonchev–Trinajstić information content (AvgIpc) is 2.83. The topological polar surface area (TPSA) is 96.3 Å². The number of imide groups is 1. The van der Waals surface area contributed by atoms with Crippen LogP contribution in [0.5, 0.6) is 5.75 Å². The fraction of sp³-hybridized carbons (Fsp3) is 0.0588. The molecule has 1 aliphatic rings. The van der Waals surface area contributed by atoms with Gasteiger partial charge in [0.1, 0.15) is 5.75 Å². The van der Waals surface area contributed by atoms with Gasteiger partial charge in [-0.15, -0.1) is 0 Å². The van der Waals surface area contributed by atoms with Gasteiger partial charge in [-0.1, -0.05) is 23.7 Å². The van der Waals surface area contributed by atoms with E-state index >= 15 is 0 Å². The van der Waals surface area contributed by atoms with Crippen molar-refractivity contribution >= 4 is 35.6 Å². The van der Waals surface area contributed by atoms with E-state index in [1.54, 1.807) is 30.3 Å². The molecule has 1 heterocycles. The molecule has 0 aromatic heterocycles. The highest BCUT2D eigenvalue weighted by Crippen LogP contribution is 2.26. The zero-order valence-electron chi connectivity index (χ0n) is 12.7. The minimum atomic E-state index is -1.12. The first-order valence-electron chi connectivity index (χ1n) is 7.13. The molecule has 0 unspecified atom stereocenters. The summed E-state index contributed by atoms with van der Waals surface area (Å²) in [6, 6.07) is 11.0. The number of carboxylic acids is 1. The molecule has 0 atom stereocenters. The molecule has 0 saturated heterocycles. The van der Waals surface area contributed by atoms with Gasteiger partial charge in [-0.25, -0.2) is 4.79 Å². The Labute approximate surface area is 147 Å². The molecule has 0 spiro atoms. The summed E-state index contributed by atoms with van der Waals surface area (Å²) < 4.78 is 5.01. The zero-order valence-corrected chi connectivity index (χ0v) is 13.4. The molecule has 126 valence electrons. The van der Waals surface area contributed by atoms with Gasteiger partial charge in [-0.3, -0.25) is 9.59 Å². The maximum atomic E-state index is 12.2. The first-order valence-corrected chi connectivity index (χ1v) is 7.51. The van der Waals surface area contributed by atoms with Gasteiger partial charge in [-0.05, 0) is 35.9 Å². The second kappa shape index (κ2) is 6.74. The average molecular weight is 359 g/mol. The number of aliphatic carboxylic acids is 1. The molecule has 7 nitrogen and oxygen atoms in total. The highest BCUT2D eigenvalue weighted by Gasteiger charge is 2.35. The van der Waals surface area contributed by atoms with Crippen molar-refractivity contribution in [2.24, 2.45) is 5.10 Å². The summed E-state index contributed by atoms with van der Waals surface area (Å²) in [6.45, 7) is -0.512. The Morgan fingerprint density at radius 2 is 1.80 bits per heavy atom. The number of fused-ring (bicyclic) bond motifs is 1. The van der Waals surface area contributed by atoms with Gasteiger partial charge >= 0.3 is 5.97 Å². The molecule has 3 rings (SSSR count). The maximum Gasteiger partial charge on any atom is 0.341 e. The monoisotopic (exact) mass is 358 g/mol. The largest absolute Gasteiger partial charge is 0.480 e. The van der Waals surface area contributed by atoms with Gasteiger partial charge in [0, 0.05) is 0 Å². The molecule has 1 N–H and O–H groups in total. The van der Waals surface area contributed by atoms with E-state index < -0.39 is 24.4 Å². The molecule has 2 amide bonds. The molecule has 2 aromatic rings. The lowest BCUT2D eigenvalue weighted by molar-refractivity contribution is -0.139. The molecule has 0 radical (unpaired) electrons. The van der Waals surface area contributed by atoms with Crippen molar-refractivity contribution in [3.63, 3.8) is 0 Å². The van der Waals surface area contributed by atoms with Crippen molar-refractivity contribution in [1.82, 2.24) is 5.01 Å². The number of carbonyl (C=O) groups is 3. The number of hydrogen-bond acceptors (Lipinski definition) is 5. The number of carboxylic acid groups (broad SMARTS) is 1. The highest BCUT2D eigenvalue weighted by molar-refractivity contribution is 6.32. The van der Waals surface area contributed by atoms with Crippen LogP contribution in [-0.2, 0) is 4.79 Å². The summed E-state index contributed by atoms with van der Waals surface area (Å²) in [7, 11) is 0. The van der Waals surface area contributed by atoms with Crippen LogP contribution < -0.4 is 4.74 Å². The summed E-state index contributed by atoms with van der Waals surface area (Å²) in [4.78, 5) is 34.9. The lowest BCUT2D eigenvalue weighted by Gasteiger charge is -2.07. The lowest BCUT2D eigenvalue weighted by atomic mass is 10.1. The predicted molar refractivity (Wildman–Crippen MR) is 89.1 cm³/mol. The summed E-state index contributed by atoms with van der Waals surface area (Å²) in [5.74, 6) is -1.90. The number of benzene rings is 2. The number of halogens is 1. The number of nitrogens with zero attached hydrogens (tertiary/aromatic N) is 2. The lowest BCUT2D eigenvalue weighted by Crippen LogP contribution is -2.23. The van der Waals surface area contributed by atoms with Crippen molar-refractivity contribution in [2.75, 3.05) is 6.61 Å². The van der Waals surface area contributed by atoms with Crippen LogP contribution >= 0.6 is 11.6 Å². The fourth-order valence-corrected chi connectivity index (χ4v) is 2.50. The van der Waals surface area contributed by atoms with Crippen LogP contribution in [0.25, 0.3) is 0 Å². The van der Waals surface area contributed by atoms with Crippen molar-refractivity contribution in [1.29, 1.82) is 0 Å². The van der Waals surface area contributed by atoms with Crippen LogP contribution in [0.2, 0.25) is 5.02 Å². The van der Waals surface area contributed by atoms with E-state index in [4.69, 9.17) is 21.4 Å². The zero-order chi connectivity index (χ0) is 18.0. The van der Waals surface area contributed by atoms with Crippen LogP contribution in [0, 0.1) is 0 Å². The van der Waals surface area contributed by atoms with Crippen LogP contribution in [-0.4, -0.2) is 40.7 Å². The molecular formula is C17H11ClN2O5. The Hall–Kier alpha value is -3.19. The van der Waals surface area contributed by atoms with Crippen molar-refractivity contribution in [2.45, 2.75) is 0 Å². The van der Waals surface area contributed by atoms with E-state index in [-0.39, 0.29) is 10.8 Å². The summed E-state index contributed by atoms with van der Waals surface area (Å²) in [5, 5.41) is 13.5. The summed E-state index contributed by atoms with van der Waals surface area (Å²) in [5.41, 5.74) is 1.13. The second-order valence-electron chi connectivity index (χ2n) is 5.08. The van der Waals surface area contributed by atoms with Crippen LogP contribution in [0.1, 0.15) is 26.3 Å². The Bertz CT molecular complexity index is 875. The SMILES string of the molecule is O=C(O)COc1ccc(/C=N\N2C(=O)c3ccccc3C2=O)cc1Cl. The van der Waals surface area contributed by atoms with E-state index in [0.29, 0.717) is 16.7 Å². The van der Waals surface area contributed by atoms with Gasteiger partial charge in [0.15, 0.2) is 6.61 Å². The number of rotatable bonds is 5. The molecule has 0 bridgehead atoms. The minimum Gasteiger partial charge on any atom is -0.480 e. The molecule has 8 heteroatoms. The smallest absolute Gasteiger partial charge is 0.341 e. The summed E-state index contributed by atoms with van der Waals surface area (Å²) >= 11 is 6.01. The molecular weight excluding hydrogens is 348 g/mol. The molecule has 0 aliphatic carbocycles. The molecule has 0 fully saturated rings. The van der Waals surface area contributed by atoms with E-state index in [1.165, 1.54) is 18.3 Å². The number of ether oxygens (including phenoxy) is 1. The van der Waals surface area contributed by atoms with Crippen LogP contribution in [0.4, 0.5) is 0 Å². The third-order valence-corrected chi connectivity index (χ3v) is 3.70. The Morgan fingerprint density at radius 3 is 2.36 bits per heavy atom. The van der Waals surface area contributed by atoms with E-state index in [9.17, 15) is 14.4 Å². The standard InChI is InChI=1S/C17H11ClN2O5/c18-13-7-10(5-6-14(13)25-9-15(21)22)8-19-20-16(23)11-3-1-2-4-12(11)17(20)24/h1-8H,9H2,(H,21,22)/b19-8-. The van der Waals surface area contributed by atoms with Gasteiger partial charge in [0.25, 0.3) is 11.8 Å². The summed E-state index contributed by atoms with van der Waals surface area (Å²) in [6.07, 6.45) is 1.31. The van der Waals surface area contributed by atoms with E-state index in [1.807, 2.05) is 0 Å². The van der Waals surface area contributed by atoms with Gasteiger partial charge in [-0.2, -0.15) is 10.1 Å². The van der Waals surface area contributed by atoms with Crippen LogP contribution in [0.3, 0.4) is 0 Å². The second-order valence-corrected chi connectivity index (χ2v) is 5.49. The van der Waals surface area contributed by atoms with Gasteiger partial charge in [0.05, 0.1) is 22.4 Å². The van der Waals surface area contributed by atoms with Crippen molar-refractivity contribution in [3.05, 3.63) is 64.2 Å². The Kier molecular flexibility index (Phi) is 4.49.